The lowest BCUT2D eigenvalue weighted by Crippen LogP contribution is -2.45. The van der Waals surface area contributed by atoms with Crippen LogP contribution in [-0.2, 0) is 4.79 Å². The van der Waals surface area contributed by atoms with E-state index in [1.54, 1.807) is 6.07 Å². The maximum Gasteiger partial charge on any atom is 0.231 e. The van der Waals surface area contributed by atoms with Crippen molar-refractivity contribution < 1.29 is 9.18 Å². The van der Waals surface area contributed by atoms with Crippen LogP contribution in [-0.4, -0.2) is 29.9 Å². The van der Waals surface area contributed by atoms with Crippen LogP contribution in [0, 0.1) is 5.82 Å². The summed E-state index contributed by atoms with van der Waals surface area (Å²) in [5.74, 6) is -0.689. The Bertz CT molecular complexity index is 453. The Labute approximate surface area is 126 Å². The standard InChI is InChI=1S/C16H26FN3O/c1-3-5-9-20(11-15(19)21)16(14(18)4-2)12-7-6-8-13(17)10-12/h6-8,10,14,16H,3-5,9,11,18H2,1-2H3,(H2,19,21). The number of carbonyl (C=O) groups excluding carboxylic acids is 1. The number of benzene rings is 1. The van der Waals surface area contributed by atoms with Crippen LogP contribution in [0.1, 0.15) is 44.7 Å². The van der Waals surface area contributed by atoms with Crippen molar-refractivity contribution in [1.82, 2.24) is 4.90 Å². The average molecular weight is 295 g/mol. The summed E-state index contributed by atoms with van der Waals surface area (Å²) in [5.41, 5.74) is 12.4. The second-order valence-electron chi connectivity index (χ2n) is 5.36. The largest absolute Gasteiger partial charge is 0.369 e. The summed E-state index contributed by atoms with van der Waals surface area (Å²) in [6.07, 6.45) is 2.69. The van der Waals surface area contributed by atoms with Gasteiger partial charge in [-0.05, 0) is 37.1 Å². The van der Waals surface area contributed by atoms with Crippen molar-refractivity contribution in [1.29, 1.82) is 0 Å². The Morgan fingerprint density at radius 3 is 2.62 bits per heavy atom. The van der Waals surface area contributed by atoms with Crippen LogP contribution in [0.15, 0.2) is 24.3 Å². The topological polar surface area (TPSA) is 72.3 Å². The molecule has 0 bridgehead atoms. The zero-order valence-electron chi connectivity index (χ0n) is 12.9. The number of carbonyl (C=O) groups is 1. The van der Waals surface area contributed by atoms with E-state index in [-0.39, 0.29) is 24.4 Å². The number of rotatable bonds is 9. The molecule has 0 fully saturated rings. The van der Waals surface area contributed by atoms with E-state index in [1.807, 2.05) is 17.9 Å². The zero-order valence-corrected chi connectivity index (χ0v) is 12.9. The van der Waals surface area contributed by atoms with Gasteiger partial charge < -0.3 is 11.5 Å². The third kappa shape index (κ3) is 5.44. The molecule has 4 N–H and O–H groups in total. The van der Waals surface area contributed by atoms with E-state index in [9.17, 15) is 9.18 Å². The number of amides is 1. The summed E-state index contributed by atoms with van der Waals surface area (Å²) in [6.45, 7) is 4.92. The van der Waals surface area contributed by atoms with Gasteiger partial charge >= 0.3 is 0 Å². The molecule has 4 nitrogen and oxygen atoms in total. The third-order valence-electron chi connectivity index (χ3n) is 3.62. The first-order chi connectivity index (χ1) is 9.99. The monoisotopic (exact) mass is 295 g/mol. The number of hydrogen-bond donors (Lipinski definition) is 2. The lowest BCUT2D eigenvalue weighted by Gasteiger charge is -2.35. The van der Waals surface area contributed by atoms with Gasteiger partial charge in [0.2, 0.25) is 5.91 Å². The molecule has 1 amide bonds. The highest BCUT2D eigenvalue weighted by atomic mass is 19.1. The number of nitrogens with two attached hydrogens (primary N) is 2. The molecular formula is C16H26FN3O. The molecule has 5 heteroatoms. The van der Waals surface area contributed by atoms with Crippen LogP contribution in [0.2, 0.25) is 0 Å². The molecule has 2 atom stereocenters. The Morgan fingerprint density at radius 1 is 1.38 bits per heavy atom. The minimum atomic E-state index is -0.393. The molecule has 0 aliphatic heterocycles. The highest BCUT2D eigenvalue weighted by Crippen LogP contribution is 2.26. The van der Waals surface area contributed by atoms with Crippen LogP contribution < -0.4 is 11.5 Å². The lowest BCUT2D eigenvalue weighted by atomic mass is 9.95. The second kappa shape index (κ2) is 8.74. The highest BCUT2D eigenvalue weighted by molar-refractivity contribution is 5.76. The molecule has 1 rings (SSSR count). The first-order valence-electron chi connectivity index (χ1n) is 7.53. The molecule has 0 aliphatic carbocycles. The smallest absolute Gasteiger partial charge is 0.231 e. The first-order valence-corrected chi connectivity index (χ1v) is 7.53. The molecule has 118 valence electrons. The molecule has 21 heavy (non-hydrogen) atoms. The van der Waals surface area contributed by atoms with Crippen LogP contribution in [0.5, 0.6) is 0 Å². The Morgan fingerprint density at radius 2 is 2.10 bits per heavy atom. The van der Waals surface area contributed by atoms with Crippen molar-refractivity contribution in [2.45, 2.75) is 45.2 Å². The minimum Gasteiger partial charge on any atom is -0.369 e. The fourth-order valence-electron chi connectivity index (χ4n) is 2.52. The normalized spacial score (nSPS) is 14.1. The maximum atomic E-state index is 13.5. The highest BCUT2D eigenvalue weighted by Gasteiger charge is 2.26. The van der Waals surface area contributed by atoms with Gasteiger partial charge in [-0.25, -0.2) is 4.39 Å². The molecule has 0 saturated carbocycles. The van der Waals surface area contributed by atoms with E-state index < -0.39 is 5.91 Å². The van der Waals surface area contributed by atoms with Crippen molar-refractivity contribution in [3.8, 4) is 0 Å². The number of hydrogen-bond acceptors (Lipinski definition) is 3. The van der Waals surface area contributed by atoms with Gasteiger partial charge in [-0.1, -0.05) is 32.4 Å². The molecule has 0 spiro atoms. The molecule has 0 heterocycles. The van der Waals surface area contributed by atoms with E-state index in [1.165, 1.54) is 12.1 Å². The van der Waals surface area contributed by atoms with Crippen molar-refractivity contribution in [3.05, 3.63) is 35.6 Å². The predicted molar refractivity (Wildman–Crippen MR) is 83.1 cm³/mol. The summed E-state index contributed by atoms with van der Waals surface area (Å²) < 4.78 is 13.5. The molecule has 0 aliphatic rings. The number of halogens is 1. The minimum absolute atomic E-state index is 0.134. The average Bonchev–Trinajstić information content (AvgIpc) is 2.44. The first kappa shape index (κ1) is 17.6. The number of unbranched alkanes of at least 4 members (excludes halogenated alkanes) is 1. The molecule has 1 aromatic carbocycles. The van der Waals surface area contributed by atoms with Gasteiger partial charge in [0.1, 0.15) is 5.82 Å². The fourth-order valence-corrected chi connectivity index (χ4v) is 2.52. The van der Waals surface area contributed by atoms with Crippen LogP contribution in [0.25, 0.3) is 0 Å². The van der Waals surface area contributed by atoms with E-state index in [2.05, 4.69) is 6.92 Å². The molecule has 1 aromatic rings. The molecule has 0 aromatic heterocycles. The van der Waals surface area contributed by atoms with E-state index in [4.69, 9.17) is 11.5 Å². The van der Waals surface area contributed by atoms with Gasteiger partial charge in [-0.3, -0.25) is 9.69 Å². The molecule has 0 saturated heterocycles. The lowest BCUT2D eigenvalue weighted by molar-refractivity contribution is -0.119. The van der Waals surface area contributed by atoms with Gasteiger partial charge in [-0.15, -0.1) is 0 Å². The summed E-state index contributed by atoms with van der Waals surface area (Å²) in [6, 6.07) is 6.03. The van der Waals surface area contributed by atoms with E-state index in [0.29, 0.717) is 6.54 Å². The van der Waals surface area contributed by atoms with Gasteiger partial charge in [0.05, 0.1) is 12.6 Å². The predicted octanol–water partition coefficient (Wildman–Crippen LogP) is 2.19. The maximum absolute atomic E-state index is 13.5. The number of primary amides is 1. The van der Waals surface area contributed by atoms with E-state index in [0.717, 1.165) is 24.8 Å². The van der Waals surface area contributed by atoms with Gasteiger partial charge in [-0.2, -0.15) is 0 Å². The van der Waals surface area contributed by atoms with Gasteiger partial charge in [0, 0.05) is 6.04 Å². The Balaban J connectivity index is 3.09. The van der Waals surface area contributed by atoms with Crippen molar-refractivity contribution >= 4 is 5.91 Å². The van der Waals surface area contributed by atoms with Crippen molar-refractivity contribution in [2.24, 2.45) is 11.5 Å². The van der Waals surface area contributed by atoms with Crippen LogP contribution >= 0.6 is 0 Å². The Kier molecular flexibility index (Phi) is 7.32. The SMILES string of the molecule is CCCCN(CC(N)=O)C(c1cccc(F)c1)C(N)CC. The Hall–Kier alpha value is -1.46. The quantitative estimate of drug-likeness (QED) is 0.733. The van der Waals surface area contributed by atoms with Crippen molar-refractivity contribution in [3.63, 3.8) is 0 Å². The number of nitrogens with zero attached hydrogens (tertiary/aromatic N) is 1. The molecular weight excluding hydrogens is 269 g/mol. The third-order valence-corrected chi connectivity index (χ3v) is 3.62. The summed E-state index contributed by atoms with van der Waals surface area (Å²) in [4.78, 5) is 13.3. The summed E-state index contributed by atoms with van der Waals surface area (Å²) in [7, 11) is 0. The summed E-state index contributed by atoms with van der Waals surface area (Å²) >= 11 is 0. The molecule has 0 radical (unpaired) electrons. The van der Waals surface area contributed by atoms with Gasteiger partial charge in [0.25, 0.3) is 0 Å². The summed E-state index contributed by atoms with van der Waals surface area (Å²) in [5, 5.41) is 0. The van der Waals surface area contributed by atoms with Crippen LogP contribution in [0.3, 0.4) is 0 Å². The fraction of sp³-hybridized carbons (Fsp3) is 0.562. The van der Waals surface area contributed by atoms with Crippen molar-refractivity contribution in [2.75, 3.05) is 13.1 Å². The molecule has 2 unspecified atom stereocenters. The zero-order chi connectivity index (χ0) is 15.8. The van der Waals surface area contributed by atoms with Crippen LogP contribution in [0.4, 0.5) is 4.39 Å². The van der Waals surface area contributed by atoms with E-state index >= 15 is 0 Å². The second-order valence-corrected chi connectivity index (χ2v) is 5.36. The van der Waals surface area contributed by atoms with Gasteiger partial charge in [0.15, 0.2) is 0 Å².